The van der Waals surface area contributed by atoms with Crippen molar-refractivity contribution in [3.05, 3.63) is 23.8 Å². The lowest BCUT2D eigenvalue weighted by Gasteiger charge is -2.10. The van der Waals surface area contributed by atoms with Gasteiger partial charge < -0.3 is 24.3 Å². The van der Waals surface area contributed by atoms with Gasteiger partial charge in [0.1, 0.15) is 5.75 Å². The van der Waals surface area contributed by atoms with Crippen LogP contribution in [0.4, 0.5) is 0 Å². The molecule has 1 aromatic rings. The van der Waals surface area contributed by atoms with E-state index in [9.17, 15) is 0 Å². The van der Waals surface area contributed by atoms with E-state index in [1.54, 1.807) is 25.3 Å². The summed E-state index contributed by atoms with van der Waals surface area (Å²) in [6.07, 6.45) is 0.799. The first-order chi connectivity index (χ1) is 9.15. The lowest BCUT2D eigenvalue weighted by molar-refractivity contribution is 0.0644. The summed E-state index contributed by atoms with van der Waals surface area (Å²) in [7, 11) is 0.198. The number of rotatable bonds is 9. The number of hydrogen-bond acceptors (Lipinski definition) is 5. The van der Waals surface area contributed by atoms with Crippen LogP contribution in [0.15, 0.2) is 18.2 Å². The molecule has 0 bridgehead atoms. The van der Waals surface area contributed by atoms with E-state index in [-0.39, 0.29) is 0 Å². The molecule has 0 saturated carbocycles. The van der Waals surface area contributed by atoms with Crippen LogP contribution in [0.5, 0.6) is 5.75 Å². The largest absolute Gasteiger partial charge is 0.493 e. The summed E-state index contributed by atoms with van der Waals surface area (Å²) in [6, 6.07) is 5.09. The number of ether oxygens (including phenoxy) is 3. The highest BCUT2D eigenvalue weighted by atomic mass is 16.5. The summed E-state index contributed by atoms with van der Waals surface area (Å²) in [5, 5.41) is 18.1. The van der Waals surface area contributed by atoms with Crippen LogP contribution < -0.4 is 10.2 Å². The number of benzene rings is 1. The van der Waals surface area contributed by atoms with Gasteiger partial charge >= 0.3 is 7.12 Å². The summed E-state index contributed by atoms with van der Waals surface area (Å²) >= 11 is 0. The zero-order valence-corrected chi connectivity index (χ0v) is 11.5. The molecule has 0 radical (unpaired) electrons. The van der Waals surface area contributed by atoms with Gasteiger partial charge in [-0.25, -0.2) is 0 Å². The van der Waals surface area contributed by atoms with E-state index < -0.39 is 7.12 Å². The Hall–Kier alpha value is -1.08. The van der Waals surface area contributed by atoms with Gasteiger partial charge in [-0.3, -0.25) is 0 Å². The Balaban J connectivity index is 2.26. The first-order valence-electron chi connectivity index (χ1n) is 6.31. The molecule has 0 aliphatic carbocycles. The highest BCUT2D eigenvalue weighted by Gasteiger charge is 2.12. The minimum Gasteiger partial charge on any atom is -0.493 e. The van der Waals surface area contributed by atoms with Gasteiger partial charge in [0.2, 0.25) is 0 Å². The maximum Gasteiger partial charge on any atom is 0.488 e. The Labute approximate surface area is 114 Å². The Morgan fingerprint density at radius 2 is 1.89 bits per heavy atom. The normalized spacial score (nSPS) is 10.5. The summed E-state index contributed by atoms with van der Waals surface area (Å²) in [5.74, 6) is 0.751. The van der Waals surface area contributed by atoms with Crippen molar-refractivity contribution >= 4 is 12.6 Å². The van der Waals surface area contributed by atoms with Gasteiger partial charge in [0.25, 0.3) is 0 Å². The maximum atomic E-state index is 9.04. The number of methoxy groups -OCH3 is 1. The summed E-state index contributed by atoms with van der Waals surface area (Å²) in [5.41, 5.74) is 1.35. The zero-order valence-electron chi connectivity index (χ0n) is 11.5. The molecule has 0 aliphatic rings. The summed E-state index contributed by atoms with van der Waals surface area (Å²) < 4.78 is 15.8. The molecule has 0 atom stereocenters. The highest BCUT2D eigenvalue weighted by molar-refractivity contribution is 6.58. The molecule has 19 heavy (non-hydrogen) atoms. The van der Waals surface area contributed by atoms with Crippen LogP contribution in [0, 0.1) is 6.92 Å². The third-order valence-corrected chi connectivity index (χ3v) is 2.62. The second kappa shape index (κ2) is 8.93. The Bertz CT molecular complexity index is 370. The smallest absolute Gasteiger partial charge is 0.488 e. The molecule has 0 unspecified atom stereocenters. The number of hydrogen-bond donors (Lipinski definition) is 2. The average Bonchev–Trinajstić information content (AvgIpc) is 2.39. The second-order valence-corrected chi connectivity index (χ2v) is 4.21. The first kappa shape index (κ1) is 16.0. The van der Waals surface area contributed by atoms with Crippen molar-refractivity contribution in [3.63, 3.8) is 0 Å². The monoisotopic (exact) mass is 268 g/mol. The molecule has 5 nitrogen and oxygen atoms in total. The van der Waals surface area contributed by atoms with Crippen molar-refractivity contribution in [1.82, 2.24) is 0 Å². The zero-order chi connectivity index (χ0) is 14.1. The molecule has 0 heterocycles. The second-order valence-electron chi connectivity index (χ2n) is 4.21. The molecule has 0 amide bonds. The molecule has 0 saturated heterocycles. The number of aryl methyl sites for hydroxylation is 1. The van der Waals surface area contributed by atoms with E-state index in [2.05, 4.69) is 0 Å². The average molecular weight is 268 g/mol. The van der Waals surface area contributed by atoms with Crippen LogP contribution in [0.2, 0.25) is 0 Å². The molecule has 0 spiro atoms. The molecule has 6 heteroatoms. The van der Waals surface area contributed by atoms with Crippen molar-refractivity contribution in [2.45, 2.75) is 13.3 Å². The quantitative estimate of drug-likeness (QED) is 0.491. The lowest BCUT2D eigenvalue weighted by atomic mass is 9.79. The molecular weight excluding hydrogens is 247 g/mol. The van der Waals surface area contributed by atoms with Crippen molar-refractivity contribution in [3.8, 4) is 5.75 Å². The van der Waals surface area contributed by atoms with Crippen molar-refractivity contribution < 1.29 is 24.3 Å². The molecular formula is C13H21BO5. The molecule has 1 aromatic carbocycles. The van der Waals surface area contributed by atoms with Crippen LogP contribution in [0.25, 0.3) is 0 Å². The van der Waals surface area contributed by atoms with E-state index in [0.29, 0.717) is 31.9 Å². The van der Waals surface area contributed by atoms with Crippen molar-refractivity contribution in [2.75, 3.05) is 33.5 Å². The van der Waals surface area contributed by atoms with Crippen LogP contribution >= 0.6 is 0 Å². The first-order valence-corrected chi connectivity index (χ1v) is 6.31. The van der Waals surface area contributed by atoms with Gasteiger partial charge in [0.15, 0.2) is 0 Å². The van der Waals surface area contributed by atoms with Crippen LogP contribution in [0.3, 0.4) is 0 Å². The molecule has 0 aliphatic heterocycles. The third-order valence-electron chi connectivity index (χ3n) is 2.62. The van der Waals surface area contributed by atoms with Gasteiger partial charge in [-0.15, -0.1) is 0 Å². The topological polar surface area (TPSA) is 68.2 Å². The van der Waals surface area contributed by atoms with Gasteiger partial charge in [0.05, 0.1) is 19.8 Å². The highest BCUT2D eigenvalue weighted by Crippen LogP contribution is 2.15. The molecule has 0 aromatic heterocycles. The van der Waals surface area contributed by atoms with E-state index in [1.165, 1.54) is 0 Å². The van der Waals surface area contributed by atoms with Gasteiger partial charge in [-0.1, -0.05) is 12.1 Å². The maximum absolute atomic E-state index is 9.04. The Kier molecular flexibility index (Phi) is 7.51. The van der Waals surface area contributed by atoms with Crippen molar-refractivity contribution in [1.29, 1.82) is 0 Å². The van der Waals surface area contributed by atoms with Crippen LogP contribution in [-0.2, 0) is 9.47 Å². The predicted molar refractivity (Wildman–Crippen MR) is 73.8 cm³/mol. The van der Waals surface area contributed by atoms with Crippen LogP contribution in [0.1, 0.15) is 12.0 Å². The Morgan fingerprint density at radius 1 is 1.11 bits per heavy atom. The van der Waals surface area contributed by atoms with Gasteiger partial charge in [-0.2, -0.15) is 0 Å². The fraction of sp³-hybridized carbons (Fsp3) is 0.538. The fourth-order valence-electron chi connectivity index (χ4n) is 1.58. The van der Waals surface area contributed by atoms with Crippen LogP contribution in [-0.4, -0.2) is 50.7 Å². The Morgan fingerprint density at radius 3 is 2.53 bits per heavy atom. The van der Waals surface area contributed by atoms with Gasteiger partial charge in [-0.05, 0) is 24.0 Å². The van der Waals surface area contributed by atoms with E-state index >= 15 is 0 Å². The standard InChI is InChI=1S/C13H21BO5/c1-11-10-12(14(15)16)4-5-13(11)19-7-3-6-18-9-8-17-2/h4-5,10,15-16H,3,6-9H2,1-2H3. The molecule has 2 N–H and O–H groups in total. The van der Waals surface area contributed by atoms with E-state index in [0.717, 1.165) is 17.7 Å². The van der Waals surface area contributed by atoms with E-state index in [1.807, 2.05) is 6.92 Å². The molecule has 106 valence electrons. The molecule has 0 fully saturated rings. The van der Waals surface area contributed by atoms with Crippen molar-refractivity contribution in [2.24, 2.45) is 0 Å². The minimum absolute atomic E-state index is 0.466. The summed E-state index contributed by atoms with van der Waals surface area (Å²) in [6.45, 7) is 4.27. The van der Waals surface area contributed by atoms with E-state index in [4.69, 9.17) is 24.3 Å². The minimum atomic E-state index is -1.44. The lowest BCUT2D eigenvalue weighted by Crippen LogP contribution is -2.29. The SMILES string of the molecule is COCCOCCCOc1ccc(B(O)O)cc1C. The summed E-state index contributed by atoms with van der Waals surface area (Å²) in [4.78, 5) is 0. The fourth-order valence-corrected chi connectivity index (χ4v) is 1.58. The molecule has 1 rings (SSSR count). The van der Waals surface area contributed by atoms with Gasteiger partial charge in [0, 0.05) is 20.1 Å². The predicted octanol–water partition coefficient (Wildman–Crippen LogP) is 0.107. The third kappa shape index (κ3) is 6.07.